The molecule has 0 fully saturated rings. The van der Waals surface area contributed by atoms with E-state index in [0.717, 1.165) is 22.3 Å². The van der Waals surface area contributed by atoms with Crippen LogP contribution in [0.2, 0.25) is 5.02 Å². The molecule has 35 heavy (non-hydrogen) atoms. The Morgan fingerprint density at radius 2 is 1.77 bits per heavy atom. The molecule has 2 atom stereocenters. The first-order chi connectivity index (χ1) is 16.2. The third kappa shape index (κ3) is 6.27. The number of aryl methyl sites for hydroxylation is 1. The van der Waals surface area contributed by atoms with Gasteiger partial charge in [0.2, 0.25) is 6.49 Å². The van der Waals surface area contributed by atoms with Crippen LogP contribution in [-0.2, 0) is 30.4 Å². The molecule has 2 aromatic rings. The fourth-order valence-corrected chi connectivity index (χ4v) is 5.63. The highest BCUT2D eigenvalue weighted by Gasteiger charge is 2.46. The van der Waals surface area contributed by atoms with Crippen LogP contribution in [0.1, 0.15) is 23.6 Å². The molecule has 3 rings (SSSR count). The Bertz CT molecular complexity index is 1220. The molecular weight excluding hydrogens is 522 g/mol. The quantitative estimate of drug-likeness (QED) is 0.387. The van der Waals surface area contributed by atoms with Crippen LogP contribution in [0, 0.1) is 13.8 Å². The number of hydrogen-bond donors (Lipinski definition) is 1. The number of methoxy groups -OCH3 is 1. The average Bonchev–Trinajstić information content (AvgIpc) is 2.97. The number of hydrogen-bond acceptors (Lipinski definition) is 5. The van der Waals surface area contributed by atoms with E-state index in [1.54, 1.807) is 19.1 Å². The second-order valence-corrected chi connectivity index (χ2v) is 13.0. The standard InChI is InChI=1S/C24H26ClF3NO4PS/c1-14-6-11-18(16-7-9-17(25)10-8-16)15(2)19(14)20-21(23(3,12-31-4)29-22(20)30)33-34(5,35)32-13-24(26,27)28/h6-11H,12-13H2,1-5H3,(H,29,30). The fourth-order valence-electron chi connectivity index (χ4n) is 4.07. The summed E-state index contributed by atoms with van der Waals surface area (Å²) in [6.07, 6.45) is -4.57. The lowest BCUT2D eigenvalue weighted by atomic mass is 9.88. The number of halogens is 4. The van der Waals surface area contributed by atoms with Gasteiger partial charge in [-0.25, -0.2) is 0 Å². The minimum atomic E-state index is -4.57. The van der Waals surface area contributed by atoms with Gasteiger partial charge in [-0.1, -0.05) is 35.9 Å². The zero-order valence-corrected chi connectivity index (χ0v) is 22.3. The maximum absolute atomic E-state index is 13.3. The summed E-state index contributed by atoms with van der Waals surface area (Å²) in [7, 11) is 1.45. The van der Waals surface area contributed by atoms with Gasteiger partial charge in [-0.15, -0.1) is 0 Å². The minimum Gasteiger partial charge on any atom is -0.445 e. The second-order valence-electron chi connectivity index (χ2n) is 8.61. The van der Waals surface area contributed by atoms with Crippen LogP contribution >= 0.6 is 18.1 Å². The van der Waals surface area contributed by atoms with Crippen LogP contribution in [0.3, 0.4) is 0 Å². The number of benzene rings is 2. The number of amides is 1. The van der Waals surface area contributed by atoms with Crippen molar-refractivity contribution in [2.75, 3.05) is 27.0 Å². The maximum Gasteiger partial charge on any atom is 0.412 e. The molecule has 0 saturated carbocycles. The van der Waals surface area contributed by atoms with Gasteiger partial charge in [0.05, 0.1) is 12.2 Å². The molecule has 1 aliphatic heterocycles. The monoisotopic (exact) mass is 547 g/mol. The van der Waals surface area contributed by atoms with Gasteiger partial charge in [-0.3, -0.25) is 4.79 Å². The Morgan fingerprint density at radius 3 is 2.34 bits per heavy atom. The van der Waals surface area contributed by atoms with Crippen LogP contribution in [0.25, 0.3) is 16.7 Å². The molecule has 0 aliphatic carbocycles. The third-order valence-electron chi connectivity index (χ3n) is 5.58. The first-order valence-electron chi connectivity index (χ1n) is 10.6. The fraction of sp³-hybridized carbons (Fsp3) is 0.375. The molecule has 2 unspecified atom stereocenters. The minimum absolute atomic E-state index is 0.0150. The summed E-state index contributed by atoms with van der Waals surface area (Å²) >= 11 is 11.3. The van der Waals surface area contributed by atoms with Gasteiger partial charge in [-0.2, -0.15) is 13.2 Å². The van der Waals surface area contributed by atoms with Crippen LogP contribution in [-0.4, -0.2) is 44.6 Å². The Labute approximate surface area is 212 Å². The van der Waals surface area contributed by atoms with E-state index >= 15 is 0 Å². The van der Waals surface area contributed by atoms with E-state index in [1.807, 2.05) is 38.1 Å². The van der Waals surface area contributed by atoms with Crippen molar-refractivity contribution in [3.05, 3.63) is 63.9 Å². The molecule has 11 heteroatoms. The number of rotatable bonds is 8. The SMILES string of the molecule is COCC1(C)NC(=O)C(c2c(C)ccc(-c3ccc(Cl)cc3)c2C)=C1OP(C)(=S)OCC(F)(F)F. The Morgan fingerprint density at radius 1 is 1.14 bits per heavy atom. The Balaban J connectivity index is 2.20. The first-order valence-corrected chi connectivity index (χ1v) is 14.0. The van der Waals surface area contributed by atoms with Crippen LogP contribution in [0.5, 0.6) is 0 Å². The van der Waals surface area contributed by atoms with Gasteiger partial charge in [-0.05, 0) is 72.5 Å². The normalized spacial score (nSPS) is 20.1. The predicted molar refractivity (Wildman–Crippen MR) is 135 cm³/mol. The van der Waals surface area contributed by atoms with Crippen LogP contribution < -0.4 is 5.32 Å². The highest BCUT2D eigenvalue weighted by atomic mass is 35.5. The zero-order chi connectivity index (χ0) is 26.2. The topological polar surface area (TPSA) is 56.8 Å². The number of ether oxygens (including phenoxy) is 1. The number of carbonyl (C=O) groups is 1. The van der Waals surface area contributed by atoms with Crippen molar-refractivity contribution in [1.82, 2.24) is 5.32 Å². The molecule has 1 N–H and O–H groups in total. The first kappa shape index (κ1) is 27.7. The van der Waals surface area contributed by atoms with Crippen molar-refractivity contribution in [2.45, 2.75) is 32.5 Å². The highest BCUT2D eigenvalue weighted by molar-refractivity contribution is 8.09. The summed E-state index contributed by atoms with van der Waals surface area (Å²) in [5.74, 6) is -0.332. The summed E-state index contributed by atoms with van der Waals surface area (Å²) < 4.78 is 54.6. The van der Waals surface area contributed by atoms with Gasteiger partial charge in [0, 0.05) is 18.8 Å². The molecule has 2 aromatic carbocycles. The molecule has 1 heterocycles. The molecule has 190 valence electrons. The summed E-state index contributed by atoms with van der Waals surface area (Å²) in [4.78, 5) is 13.3. The van der Waals surface area contributed by atoms with Gasteiger partial charge in [0.25, 0.3) is 5.91 Å². The Kier molecular flexibility index (Phi) is 8.09. The number of carbonyl (C=O) groups excluding carboxylic acids is 1. The van der Waals surface area contributed by atoms with Crippen molar-refractivity contribution in [1.29, 1.82) is 0 Å². The summed E-state index contributed by atoms with van der Waals surface area (Å²) in [5, 5.41) is 3.45. The summed E-state index contributed by atoms with van der Waals surface area (Å²) in [5.41, 5.74) is 2.99. The number of nitrogens with one attached hydrogen (secondary N) is 1. The van der Waals surface area contributed by atoms with Crippen LogP contribution in [0.15, 0.2) is 42.2 Å². The van der Waals surface area contributed by atoms with Gasteiger partial charge < -0.3 is 19.1 Å². The Hall–Kier alpha value is -1.90. The van der Waals surface area contributed by atoms with E-state index in [2.05, 4.69) is 5.32 Å². The van der Waals surface area contributed by atoms with Crippen LogP contribution in [0.4, 0.5) is 13.2 Å². The van der Waals surface area contributed by atoms with Gasteiger partial charge in [0.1, 0.15) is 11.3 Å². The lowest BCUT2D eigenvalue weighted by Gasteiger charge is -2.30. The lowest BCUT2D eigenvalue weighted by Crippen LogP contribution is -2.46. The largest absolute Gasteiger partial charge is 0.445 e. The van der Waals surface area contributed by atoms with Crippen molar-refractivity contribution in [2.24, 2.45) is 0 Å². The predicted octanol–water partition coefficient (Wildman–Crippen LogP) is 6.40. The summed E-state index contributed by atoms with van der Waals surface area (Å²) in [6, 6.07) is 11.1. The average molecular weight is 548 g/mol. The summed E-state index contributed by atoms with van der Waals surface area (Å²) in [6.45, 7) is 1.73. The van der Waals surface area contributed by atoms with Crippen molar-refractivity contribution in [3.8, 4) is 11.1 Å². The lowest BCUT2D eigenvalue weighted by molar-refractivity contribution is -0.153. The second kappa shape index (κ2) is 10.2. The van der Waals surface area contributed by atoms with E-state index in [0.29, 0.717) is 10.6 Å². The smallest absolute Gasteiger partial charge is 0.412 e. The molecule has 5 nitrogen and oxygen atoms in total. The molecule has 1 amide bonds. The molecule has 0 radical (unpaired) electrons. The van der Waals surface area contributed by atoms with Gasteiger partial charge in [0.15, 0.2) is 6.61 Å². The van der Waals surface area contributed by atoms with E-state index in [4.69, 9.17) is 37.2 Å². The van der Waals surface area contributed by atoms with Gasteiger partial charge >= 0.3 is 6.18 Å². The molecular formula is C24H26ClF3NO4PS. The number of alkyl halides is 3. The third-order valence-corrected chi connectivity index (χ3v) is 7.48. The van der Waals surface area contributed by atoms with E-state index < -0.39 is 30.7 Å². The molecule has 0 aromatic heterocycles. The highest BCUT2D eigenvalue weighted by Crippen LogP contribution is 2.52. The molecule has 1 aliphatic rings. The molecule has 0 saturated heterocycles. The van der Waals surface area contributed by atoms with E-state index in [1.165, 1.54) is 13.8 Å². The zero-order valence-electron chi connectivity index (χ0n) is 19.9. The molecule has 0 spiro atoms. The molecule has 0 bridgehead atoms. The van der Waals surface area contributed by atoms with E-state index in [9.17, 15) is 18.0 Å². The van der Waals surface area contributed by atoms with E-state index in [-0.39, 0.29) is 17.9 Å². The maximum atomic E-state index is 13.3. The van der Waals surface area contributed by atoms with Crippen molar-refractivity contribution in [3.63, 3.8) is 0 Å². The van der Waals surface area contributed by atoms with Crippen molar-refractivity contribution < 1.29 is 31.8 Å². The van der Waals surface area contributed by atoms with Crippen molar-refractivity contribution >= 4 is 41.4 Å².